The second-order valence-electron chi connectivity index (χ2n) is 10.7. The summed E-state index contributed by atoms with van der Waals surface area (Å²) in [6.45, 7) is 5.96. The standard InChI is InChI=1S/C30H31ClF3N9O5/c1-4-21-25(40-9-11-41(12-10-40)27(46)24-26(45)17(3)35-16-36-24)28(47)43-29(38-22(39-43)8-13-48-5-2)42(21)15-23(44)37-20-7-6-18(14-19(20)31)30(32,33)34/h6-8,13-14,16,45H,4-5,9-12,15H2,1-3H3,(H,37,44)/b13-8+. The second-order valence-corrected chi connectivity index (χ2v) is 11.1. The van der Waals surface area contributed by atoms with Crippen LogP contribution >= 0.6 is 11.6 Å². The van der Waals surface area contributed by atoms with Crippen LogP contribution in [-0.2, 0) is 28.7 Å². The Kier molecular flexibility index (Phi) is 9.88. The van der Waals surface area contributed by atoms with Crippen LogP contribution in [0.5, 0.6) is 5.75 Å². The SMILES string of the molecule is CCO/C=C/c1nc2n(CC(=O)Nc3ccc(C(F)(F)F)cc3Cl)c(CC)c(N3CCN(C(=O)c4ncnc(C)c4O)CC3)c(=O)n2n1. The van der Waals surface area contributed by atoms with Gasteiger partial charge in [0.2, 0.25) is 11.7 Å². The number of benzene rings is 1. The highest BCUT2D eigenvalue weighted by atomic mass is 35.5. The van der Waals surface area contributed by atoms with Gasteiger partial charge in [0.05, 0.1) is 40.5 Å². The van der Waals surface area contributed by atoms with Crippen molar-refractivity contribution in [3.63, 3.8) is 0 Å². The van der Waals surface area contributed by atoms with Gasteiger partial charge in [0, 0.05) is 32.3 Å². The fraction of sp³-hybridized carbons (Fsp3) is 0.367. The molecule has 0 spiro atoms. The van der Waals surface area contributed by atoms with Gasteiger partial charge in [-0.15, -0.1) is 5.10 Å². The third-order valence-corrected chi connectivity index (χ3v) is 7.93. The number of alkyl halides is 3. The molecule has 1 aliphatic rings. The summed E-state index contributed by atoms with van der Waals surface area (Å²) < 4.78 is 47.2. The van der Waals surface area contributed by atoms with E-state index in [4.69, 9.17) is 16.3 Å². The molecule has 254 valence electrons. The number of ether oxygens (including phenoxy) is 1. The lowest BCUT2D eigenvalue weighted by atomic mass is 10.2. The number of hydrogen-bond acceptors (Lipinski definition) is 10. The van der Waals surface area contributed by atoms with Gasteiger partial charge < -0.3 is 29.5 Å². The molecule has 1 saturated heterocycles. The molecule has 1 fully saturated rings. The van der Waals surface area contributed by atoms with Gasteiger partial charge in [0.15, 0.2) is 17.3 Å². The van der Waals surface area contributed by atoms with Crippen LogP contribution < -0.4 is 15.8 Å². The monoisotopic (exact) mass is 689 g/mol. The summed E-state index contributed by atoms with van der Waals surface area (Å²) in [4.78, 5) is 56.0. The molecular weight excluding hydrogens is 659 g/mol. The van der Waals surface area contributed by atoms with E-state index in [0.29, 0.717) is 12.3 Å². The number of aromatic hydroxyl groups is 1. The molecule has 0 saturated carbocycles. The normalized spacial score (nSPS) is 13.8. The molecule has 0 radical (unpaired) electrons. The number of fused-ring (bicyclic) bond motifs is 1. The first-order valence-electron chi connectivity index (χ1n) is 14.9. The smallest absolute Gasteiger partial charge is 0.416 e. The van der Waals surface area contributed by atoms with E-state index in [9.17, 15) is 32.7 Å². The second kappa shape index (κ2) is 13.9. The molecule has 0 aliphatic carbocycles. The van der Waals surface area contributed by atoms with E-state index in [-0.39, 0.29) is 77.7 Å². The maximum absolute atomic E-state index is 14.0. The number of amides is 2. The zero-order valence-electron chi connectivity index (χ0n) is 26.1. The Morgan fingerprint density at radius 2 is 1.88 bits per heavy atom. The Balaban J connectivity index is 1.49. The number of aromatic nitrogens is 6. The van der Waals surface area contributed by atoms with Crippen LogP contribution in [0.1, 0.15) is 47.1 Å². The van der Waals surface area contributed by atoms with Crippen molar-refractivity contribution in [3.05, 3.63) is 74.6 Å². The van der Waals surface area contributed by atoms with Crippen molar-refractivity contribution in [1.29, 1.82) is 0 Å². The molecule has 1 aliphatic heterocycles. The van der Waals surface area contributed by atoms with E-state index >= 15 is 0 Å². The van der Waals surface area contributed by atoms with E-state index in [1.165, 1.54) is 28.1 Å². The van der Waals surface area contributed by atoms with E-state index in [0.717, 1.165) is 22.7 Å². The molecule has 2 N–H and O–H groups in total. The van der Waals surface area contributed by atoms with Gasteiger partial charge in [-0.05, 0) is 38.5 Å². The number of hydrogen-bond donors (Lipinski definition) is 2. The molecule has 0 unspecified atom stereocenters. The molecule has 14 nitrogen and oxygen atoms in total. The van der Waals surface area contributed by atoms with Gasteiger partial charge in [-0.2, -0.15) is 22.7 Å². The fourth-order valence-corrected chi connectivity index (χ4v) is 5.48. The topological polar surface area (TPSA) is 160 Å². The molecule has 0 atom stereocenters. The summed E-state index contributed by atoms with van der Waals surface area (Å²) in [5, 5.41) is 16.9. The third-order valence-electron chi connectivity index (χ3n) is 7.62. The minimum absolute atomic E-state index is 0.0301. The number of anilines is 2. The Bertz CT molecular complexity index is 1950. The van der Waals surface area contributed by atoms with Crippen LogP contribution in [0.4, 0.5) is 24.5 Å². The Labute approximate surface area is 276 Å². The van der Waals surface area contributed by atoms with Gasteiger partial charge in [0.1, 0.15) is 18.6 Å². The quantitative estimate of drug-likeness (QED) is 0.249. The van der Waals surface area contributed by atoms with Crippen LogP contribution in [0, 0.1) is 6.92 Å². The predicted molar refractivity (Wildman–Crippen MR) is 169 cm³/mol. The molecular formula is C30H31ClF3N9O5. The summed E-state index contributed by atoms with van der Waals surface area (Å²) in [5.41, 5.74) is -0.674. The number of nitrogens with one attached hydrogen (secondary N) is 1. The summed E-state index contributed by atoms with van der Waals surface area (Å²) in [5.74, 6) is -1.25. The van der Waals surface area contributed by atoms with Gasteiger partial charge >= 0.3 is 6.18 Å². The Morgan fingerprint density at radius 3 is 2.52 bits per heavy atom. The van der Waals surface area contributed by atoms with Crippen molar-refractivity contribution < 1.29 is 32.6 Å². The van der Waals surface area contributed by atoms with Crippen molar-refractivity contribution in [2.45, 2.75) is 39.9 Å². The number of piperazine rings is 1. The van der Waals surface area contributed by atoms with Crippen LogP contribution in [0.25, 0.3) is 11.9 Å². The number of carbonyl (C=O) groups excluding carboxylic acids is 2. The summed E-state index contributed by atoms with van der Waals surface area (Å²) in [7, 11) is 0. The zero-order valence-corrected chi connectivity index (χ0v) is 26.8. The third kappa shape index (κ3) is 6.90. The molecule has 18 heteroatoms. The number of halogens is 4. The highest BCUT2D eigenvalue weighted by Gasteiger charge is 2.32. The van der Waals surface area contributed by atoms with Crippen molar-refractivity contribution in [3.8, 4) is 5.75 Å². The molecule has 1 aromatic carbocycles. The van der Waals surface area contributed by atoms with Gasteiger partial charge in [0.25, 0.3) is 11.5 Å². The van der Waals surface area contributed by atoms with Crippen LogP contribution in [0.15, 0.2) is 35.6 Å². The van der Waals surface area contributed by atoms with E-state index < -0.39 is 35.7 Å². The maximum Gasteiger partial charge on any atom is 0.416 e. The summed E-state index contributed by atoms with van der Waals surface area (Å²) >= 11 is 6.07. The number of aryl methyl sites for hydroxylation is 1. The lowest BCUT2D eigenvalue weighted by Crippen LogP contribution is -2.51. The summed E-state index contributed by atoms with van der Waals surface area (Å²) in [6, 6.07) is 2.59. The number of nitrogens with zero attached hydrogens (tertiary/aromatic N) is 8. The average molecular weight is 690 g/mol. The van der Waals surface area contributed by atoms with Crippen LogP contribution in [-0.4, -0.2) is 83.7 Å². The fourth-order valence-electron chi connectivity index (χ4n) is 5.25. The molecule has 5 rings (SSSR count). The molecule has 3 aromatic heterocycles. The number of rotatable bonds is 9. The molecule has 48 heavy (non-hydrogen) atoms. The van der Waals surface area contributed by atoms with Gasteiger partial charge in [-0.1, -0.05) is 18.5 Å². The van der Waals surface area contributed by atoms with E-state index in [1.807, 2.05) is 0 Å². The lowest BCUT2D eigenvalue weighted by Gasteiger charge is -2.36. The first kappa shape index (κ1) is 34.2. The largest absolute Gasteiger partial charge is 0.504 e. The first-order valence-corrected chi connectivity index (χ1v) is 15.2. The van der Waals surface area contributed by atoms with Crippen molar-refractivity contribution >= 4 is 46.6 Å². The van der Waals surface area contributed by atoms with E-state index in [1.54, 1.807) is 25.7 Å². The van der Waals surface area contributed by atoms with Gasteiger partial charge in [-0.3, -0.25) is 14.4 Å². The average Bonchev–Trinajstić information content (AvgIpc) is 3.48. The van der Waals surface area contributed by atoms with Crippen molar-refractivity contribution in [1.82, 2.24) is 34.0 Å². The van der Waals surface area contributed by atoms with Gasteiger partial charge in [-0.25, -0.2) is 9.97 Å². The predicted octanol–water partition coefficient (Wildman–Crippen LogP) is 3.54. The molecule has 2 amide bonds. The minimum atomic E-state index is -4.61. The number of carbonyl (C=O) groups is 2. The first-order chi connectivity index (χ1) is 22.8. The lowest BCUT2D eigenvalue weighted by molar-refractivity contribution is -0.137. The molecule has 4 aromatic rings. The van der Waals surface area contributed by atoms with Crippen molar-refractivity contribution in [2.24, 2.45) is 0 Å². The van der Waals surface area contributed by atoms with E-state index in [2.05, 4.69) is 25.4 Å². The maximum atomic E-state index is 14.0. The highest BCUT2D eigenvalue weighted by molar-refractivity contribution is 6.33. The molecule has 4 heterocycles. The van der Waals surface area contributed by atoms with Crippen molar-refractivity contribution in [2.75, 3.05) is 43.0 Å². The minimum Gasteiger partial charge on any atom is -0.504 e. The summed E-state index contributed by atoms with van der Waals surface area (Å²) in [6.07, 6.45) is -0.307. The Morgan fingerprint density at radius 1 is 1.15 bits per heavy atom. The Hall–Kier alpha value is -5.19. The van der Waals surface area contributed by atoms with Crippen LogP contribution in [0.3, 0.4) is 0 Å². The highest BCUT2D eigenvalue weighted by Crippen LogP contribution is 2.34. The van der Waals surface area contributed by atoms with Crippen LogP contribution in [0.2, 0.25) is 5.02 Å². The zero-order chi connectivity index (χ0) is 34.7. The molecule has 0 bridgehead atoms.